The molecule has 8 heteroatoms. The third kappa shape index (κ3) is 4.71. The summed E-state index contributed by atoms with van der Waals surface area (Å²) in [4.78, 5) is 35.7. The first-order valence-electron chi connectivity index (χ1n) is 12.0. The maximum Gasteiger partial charge on any atom is 0.241 e. The van der Waals surface area contributed by atoms with Gasteiger partial charge in [-0.15, -0.1) is 0 Å². The molecule has 0 N–H and O–H groups in total. The van der Waals surface area contributed by atoms with Crippen molar-refractivity contribution in [3.63, 3.8) is 0 Å². The number of rotatable bonds is 5. The van der Waals surface area contributed by atoms with Gasteiger partial charge in [-0.1, -0.05) is 25.1 Å². The molecule has 1 amide bonds. The quantitative estimate of drug-likeness (QED) is 0.570. The van der Waals surface area contributed by atoms with Gasteiger partial charge in [0.05, 0.1) is 0 Å². The summed E-state index contributed by atoms with van der Waals surface area (Å²) in [5.41, 5.74) is 0.448. The second kappa shape index (κ2) is 9.75. The average Bonchev–Trinajstić information content (AvgIpc) is 2.90. The first kappa shape index (κ1) is 22.3. The van der Waals surface area contributed by atoms with E-state index in [2.05, 4.69) is 31.8 Å². The Morgan fingerprint density at radius 3 is 2.44 bits per heavy atom. The zero-order valence-electron chi connectivity index (χ0n) is 19.5. The van der Waals surface area contributed by atoms with Crippen LogP contribution >= 0.6 is 0 Å². The van der Waals surface area contributed by atoms with Gasteiger partial charge in [0.1, 0.15) is 11.4 Å². The second-order valence-electron chi connectivity index (χ2n) is 9.35. The molecule has 3 aromatic rings. The molecule has 2 aromatic heterocycles. The van der Waals surface area contributed by atoms with Crippen LogP contribution in [0.25, 0.3) is 0 Å². The minimum atomic E-state index is -0.376. The molecule has 4 heterocycles. The van der Waals surface area contributed by atoms with Crippen molar-refractivity contribution in [3.8, 4) is 11.6 Å². The lowest BCUT2D eigenvalue weighted by Crippen LogP contribution is -2.51. The Bertz CT molecular complexity index is 1100. The SMILES string of the molecule is CC1(C(=O)N2CCC[C@H](c3nccnc3Oc3ccccc3)C2)CCN(c2ncccn2)CC1. The Kier molecular flexibility index (Phi) is 6.38. The number of benzene rings is 1. The van der Waals surface area contributed by atoms with Crippen LogP contribution < -0.4 is 9.64 Å². The zero-order valence-corrected chi connectivity index (χ0v) is 19.5. The van der Waals surface area contributed by atoms with Crippen molar-refractivity contribution in [2.75, 3.05) is 31.1 Å². The third-order valence-corrected chi connectivity index (χ3v) is 6.96. The predicted molar refractivity (Wildman–Crippen MR) is 129 cm³/mol. The van der Waals surface area contributed by atoms with Gasteiger partial charge < -0.3 is 14.5 Å². The lowest BCUT2D eigenvalue weighted by Gasteiger charge is -2.43. The Hall–Kier alpha value is -3.55. The molecule has 2 aliphatic heterocycles. The molecule has 0 bridgehead atoms. The Labute approximate surface area is 200 Å². The molecular formula is C26H30N6O2. The molecule has 0 aliphatic carbocycles. The summed E-state index contributed by atoms with van der Waals surface area (Å²) in [6.45, 7) is 5.09. The van der Waals surface area contributed by atoms with E-state index >= 15 is 0 Å². The Balaban J connectivity index is 1.26. The molecule has 2 fully saturated rings. The van der Waals surface area contributed by atoms with E-state index in [1.807, 2.05) is 41.3 Å². The molecule has 2 saturated heterocycles. The molecule has 1 atom stereocenters. The first-order chi connectivity index (χ1) is 16.6. The van der Waals surface area contributed by atoms with E-state index in [0.29, 0.717) is 12.4 Å². The van der Waals surface area contributed by atoms with Gasteiger partial charge in [-0.05, 0) is 43.9 Å². The highest BCUT2D eigenvalue weighted by Gasteiger charge is 2.41. The molecular weight excluding hydrogens is 428 g/mol. The summed E-state index contributed by atoms with van der Waals surface area (Å²) in [6, 6.07) is 11.4. The van der Waals surface area contributed by atoms with Crippen molar-refractivity contribution in [3.05, 3.63) is 66.9 Å². The molecule has 0 unspecified atom stereocenters. The van der Waals surface area contributed by atoms with E-state index in [-0.39, 0.29) is 17.2 Å². The molecule has 5 rings (SSSR count). The van der Waals surface area contributed by atoms with Crippen LogP contribution in [0, 0.1) is 5.41 Å². The summed E-state index contributed by atoms with van der Waals surface area (Å²) in [5.74, 6) is 2.33. The van der Waals surface area contributed by atoms with Crippen LogP contribution in [0.4, 0.5) is 5.95 Å². The van der Waals surface area contributed by atoms with Crippen LogP contribution in [0.1, 0.15) is 44.2 Å². The summed E-state index contributed by atoms with van der Waals surface area (Å²) < 4.78 is 6.05. The summed E-state index contributed by atoms with van der Waals surface area (Å²) in [7, 11) is 0. The van der Waals surface area contributed by atoms with Crippen LogP contribution in [0.5, 0.6) is 11.6 Å². The van der Waals surface area contributed by atoms with Crippen molar-refractivity contribution < 1.29 is 9.53 Å². The smallest absolute Gasteiger partial charge is 0.241 e. The van der Waals surface area contributed by atoms with Gasteiger partial charge in [-0.2, -0.15) is 0 Å². The number of aromatic nitrogens is 4. The van der Waals surface area contributed by atoms with Crippen molar-refractivity contribution >= 4 is 11.9 Å². The van der Waals surface area contributed by atoms with E-state index < -0.39 is 0 Å². The number of para-hydroxylation sites is 1. The number of ether oxygens (including phenoxy) is 1. The number of hydrogen-bond acceptors (Lipinski definition) is 7. The van der Waals surface area contributed by atoms with Crippen LogP contribution in [0.15, 0.2) is 61.2 Å². The molecule has 34 heavy (non-hydrogen) atoms. The molecule has 1 aromatic carbocycles. The number of likely N-dealkylation sites (tertiary alicyclic amines) is 1. The molecule has 8 nitrogen and oxygen atoms in total. The standard InChI is InChI=1S/C26H30N6O2/c1-26(10-17-31(18-11-26)25-29-12-6-13-30-25)24(33)32-16-5-7-20(19-32)22-23(28-15-14-27-22)34-21-8-3-2-4-9-21/h2-4,6,8-9,12-15,20H,5,7,10-11,16-19H2,1H3/t20-/m0/s1. The number of carbonyl (C=O) groups is 1. The minimum absolute atomic E-state index is 0.103. The number of carbonyl (C=O) groups excluding carboxylic acids is 1. The summed E-state index contributed by atoms with van der Waals surface area (Å²) >= 11 is 0. The van der Waals surface area contributed by atoms with E-state index in [1.165, 1.54) is 0 Å². The summed E-state index contributed by atoms with van der Waals surface area (Å²) in [5, 5.41) is 0. The van der Waals surface area contributed by atoms with Crippen LogP contribution in [-0.4, -0.2) is 56.9 Å². The number of hydrogen-bond donors (Lipinski definition) is 0. The molecule has 0 spiro atoms. The maximum absolute atomic E-state index is 13.7. The highest BCUT2D eigenvalue weighted by atomic mass is 16.5. The van der Waals surface area contributed by atoms with Crippen molar-refractivity contribution in [2.24, 2.45) is 5.41 Å². The topological polar surface area (TPSA) is 84.3 Å². The second-order valence-corrected chi connectivity index (χ2v) is 9.35. The van der Waals surface area contributed by atoms with Crippen molar-refractivity contribution in [1.29, 1.82) is 0 Å². The summed E-state index contributed by atoms with van der Waals surface area (Å²) in [6.07, 6.45) is 10.4. The third-order valence-electron chi connectivity index (χ3n) is 6.96. The average molecular weight is 459 g/mol. The highest BCUT2D eigenvalue weighted by molar-refractivity contribution is 5.83. The fourth-order valence-corrected chi connectivity index (χ4v) is 4.93. The highest BCUT2D eigenvalue weighted by Crippen LogP contribution is 2.38. The monoisotopic (exact) mass is 458 g/mol. The predicted octanol–water partition coefficient (Wildman–Crippen LogP) is 4.07. The molecule has 2 aliphatic rings. The molecule has 0 saturated carbocycles. The lowest BCUT2D eigenvalue weighted by molar-refractivity contribution is -0.143. The number of amides is 1. The van der Waals surface area contributed by atoms with Gasteiger partial charge in [-0.25, -0.2) is 15.0 Å². The van der Waals surface area contributed by atoms with Gasteiger partial charge in [-0.3, -0.25) is 9.78 Å². The fraction of sp³-hybridized carbons (Fsp3) is 0.423. The molecule has 176 valence electrons. The maximum atomic E-state index is 13.7. The largest absolute Gasteiger partial charge is 0.437 e. The van der Waals surface area contributed by atoms with Crippen molar-refractivity contribution in [1.82, 2.24) is 24.8 Å². The number of piperidine rings is 2. The van der Waals surface area contributed by atoms with E-state index in [9.17, 15) is 4.79 Å². The fourth-order valence-electron chi connectivity index (χ4n) is 4.93. The van der Waals surface area contributed by atoms with Gasteiger partial charge in [0, 0.05) is 62.3 Å². The van der Waals surface area contributed by atoms with Crippen LogP contribution in [-0.2, 0) is 4.79 Å². The molecule has 0 radical (unpaired) electrons. The zero-order chi connectivity index (χ0) is 23.4. The van der Waals surface area contributed by atoms with Crippen molar-refractivity contribution in [2.45, 2.75) is 38.5 Å². The van der Waals surface area contributed by atoms with Gasteiger partial charge >= 0.3 is 0 Å². The van der Waals surface area contributed by atoms with Crippen LogP contribution in [0.3, 0.4) is 0 Å². The number of nitrogens with zero attached hydrogens (tertiary/aromatic N) is 6. The normalized spacial score (nSPS) is 20.1. The van der Waals surface area contributed by atoms with E-state index in [4.69, 9.17) is 4.74 Å². The van der Waals surface area contributed by atoms with Gasteiger partial charge in [0.15, 0.2) is 0 Å². The number of anilines is 1. The Morgan fingerprint density at radius 1 is 0.941 bits per heavy atom. The Morgan fingerprint density at radius 2 is 1.68 bits per heavy atom. The van der Waals surface area contributed by atoms with E-state index in [1.54, 1.807) is 24.8 Å². The van der Waals surface area contributed by atoms with Gasteiger partial charge in [0.25, 0.3) is 0 Å². The lowest BCUT2D eigenvalue weighted by atomic mass is 9.78. The minimum Gasteiger partial charge on any atom is -0.437 e. The first-order valence-corrected chi connectivity index (χ1v) is 12.0. The van der Waals surface area contributed by atoms with E-state index in [0.717, 1.165) is 62.7 Å². The van der Waals surface area contributed by atoms with Gasteiger partial charge in [0.2, 0.25) is 17.7 Å². The van der Waals surface area contributed by atoms with Crippen LogP contribution in [0.2, 0.25) is 0 Å².